The van der Waals surface area contributed by atoms with Gasteiger partial charge in [0, 0.05) is 16.4 Å². The van der Waals surface area contributed by atoms with Crippen molar-refractivity contribution in [2.24, 2.45) is 0 Å². The molecule has 0 bridgehead atoms. The zero-order valence-electron chi connectivity index (χ0n) is 13.4. The summed E-state index contributed by atoms with van der Waals surface area (Å²) in [6.45, 7) is 5.76. The second-order valence-electron chi connectivity index (χ2n) is 5.61. The highest BCUT2D eigenvalue weighted by Crippen LogP contribution is 2.20. The molecule has 0 fully saturated rings. The van der Waals surface area contributed by atoms with E-state index in [1.165, 1.54) is 0 Å². The first kappa shape index (κ1) is 17.0. The second kappa shape index (κ2) is 7.29. The summed E-state index contributed by atoms with van der Waals surface area (Å²) in [5.41, 5.74) is 4.31. The first-order valence-corrected chi connectivity index (χ1v) is 7.65. The lowest BCUT2D eigenvalue weighted by Gasteiger charge is -2.10. The Morgan fingerprint density at radius 1 is 0.913 bits per heavy atom. The minimum absolute atomic E-state index is 0.241. The number of amides is 2. The Morgan fingerprint density at radius 3 is 2.13 bits per heavy atom. The normalized spacial score (nSPS) is 10.3. The van der Waals surface area contributed by atoms with Crippen LogP contribution in [0.1, 0.15) is 23.1 Å². The van der Waals surface area contributed by atoms with E-state index >= 15 is 0 Å². The van der Waals surface area contributed by atoms with Crippen molar-refractivity contribution in [3.8, 4) is 0 Å². The van der Waals surface area contributed by atoms with Gasteiger partial charge in [-0.25, -0.2) is 0 Å². The van der Waals surface area contributed by atoms with Gasteiger partial charge in [0.05, 0.1) is 0 Å². The molecule has 0 aromatic heterocycles. The van der Waals surface area contributed by atoms with Crippen LogP contribution in [0.3, 0.4) is 0 Å². The average molecular weight is 331 g/mol. The summed E-state index contributed by atoms with van der Waals surface area (Å²) < 4.78 is 0. The number of hydrogen-bond acceptors (Lipinski definition) is 2. The van der Waals surface area contributed by atoms with Crippen LogP contribution in [-0.2, 0) is 9.59 Å². The summed E-state index contributed by atoms with van der Waals surface area (Å²) in [6, 6.07) is 10.9. The summed E-state index contributed by atoms with van der Waals surface area (Å²) in [5, 5.41) is 6.07. The molecule has 2 N–H and O–H groups in total. The third-order valence-electron chi connectivity index (χ3n) is 3.29. The molecule has 0 spiro atoms. The van der Waals surface area contributed by atoms with Gasteiger partial charge in [0.25, 0.3) is 0 Å². The maximum Gasteiger partial charge on any atom is 0.233 e. The van der Waals surface area contributed by atoms with Gasteiger partial charge in [0.1, 0.15) is 6.42 Å². The minimum Gasteiger partial charge on any atom is -0.326 e. The van der Waals surface area contributed by atoms with Crippen LogP contribution in [0.5, 0.6) is 0 Å². The summed E-state index contributed by atoms with van der Waals surface area (Å²) in [7, 11) is 0. The molecule has 0 radical (unpaired) electrons. The summed E-state index contributed by atoms with van der Waals surface area (Å²) >= 11 is 5.88. The number of halogens is 1. The Bertz CT molecular complexity index is 736. The third kappa shape index (κ3) is 5.11. The van der Waals surface area contributed by atoms with Crippen molar-refractivity contribution in [1.82, 2.24) is 0 Å². The lowest BCUT2D eigenvalue weighted by molar-refractivity contribution is -0.123. The van der Waals surface area contributed by atoms with Crippen molar-refractivity contribution in [2.75, 3.05) is 10.6 Å². The van der Waals surface area contributed by atoms with Crippen LogP contribution in [-0.4, -0.2) is 11.8 Å². The van der Waals surface area contributed by atoms with Crippen molar-refractivity contribution in [1.29, 1.82) is 0 Å². The number of carbonyl (C=O) groups is 2. The van der Waals surface area contributed by atoms with Gasteiger partial charge in [0.2, 0.25) is 11.8 Å². The number of nitrogens with one attached hydrogen (secondary N) is 2. The molecular weight excluding hydrogens is 312 g/mol. The van der Waals surface area contributed by atoms with Crippen LogP contribution in [0, 0.1) is 20.8 Å². The zero-order valence-corrected chi connectivity index (χ0v) is 14.1. The summed E-state index contributed by atoms with van der Waals surface area (Å²) in [4.78, 5) is 24.0. The second-order valence-corrected chi connectivity index (χ2v) is 6.05. The van der Waals surface area contributed by atoms with Gasteiger partial charge in [0.15, 0.2) is 0 Å². The monoisotopic (exact) mass is 330 g/mol. The Hall–Kier alpha value is -2.33. The maximum absolute atomic E-state index is 12.0. The van der Waals surface area contributed by atoms with Gasteiger partial charge in [-0.1, -0.05) is 17.7 Å². The molecular formula is C18H19ClN2O2. The third-order valence-corrected chi connectivity index (χ3v) is 3.52. The van der Waals surface area contributed by atoms with E-state index < -0.39 is 0 Å². The maximum atomic E-state index is 12.0. The molecule has 2 aromatic carbocycles. The van der Waals surface area contributed by atoms with E-state index in [1.54, 1.807) is 18.2 Å². The van der Waals surface area contributed by atoms with Crippen LogP contribution < -0.4 is 10.6 Å². The van der Waals surface area contributed by atoms with Crippen molar-refractivity contribution >= 4 is 34.8 Å². The molecule has 2 amide bonds. The lowest BCUT2D eigenvalue weighted by atomic mass is 10.1. The van der Waals surface area contributed by atoms with E-state index in [9.17, 15) is 9.59 Å². The van der Waals surface area contributed by atoms with Gasteiger partial charge in [-0.05, 0) is 67.8 Å². The van der Waals surface area contributed by atoms with Crippen molar-refractivity contribution in [3.05, 3.63) is 58.1 Å². The Kier molecular flexibility index (Phi) is 5.40. The molecule has 2 rings (SSSR count). The highest BCUT2D eigenvalue weighted by molar-refractivity contribution is 6.30. The molecule has 2 aromatic rings. The van der Waals surface area contributed by atoms with Gasteiger partial charge < -0.3 is 10.6 Å². The summed E-state index contributed by atoms with van der Waals surface area (Å²) in [5.74, 6) is -0.712. The predicted molar refractivity (Wildman–Crippen MR) is 94.0 cm³/mol. The van der Waals surface area contributed by atoms with E-state index in [0.29, 0.717) is 16.4 Å². The van der Waals surface area contributed by atoms with Crippen LogP contribution in [0.15, 0.2) is 36.4 Å². The minimum atomic E-state index is -0.364. The molecule has 0 saturated carbocycles. The van der Waals surface area contributed by atoms with E-state index in [2.05, 4.69) is 10.6 Å². The van der Waals surface area contributed by atoms with Crippen molar-refractivity contribution in [3.63, 3.8) is 0 Å². The largest absolute Gasteiger partial charge is 0.326 e. The molecule has 5 heteroatoms. The number of hydrogen-bond donors (Lipinski definition) is 2. The molecule has 0 aliphatic carbocycles. The molecule has 120 valence electrons. The van der Waals surface area contributed by atoms with Crippen LogP contribution in [0.2, 0.25) is 5.02 Å². The SMILES string of the molecule is Cc1cc(C)cc(NC(=O)CC(=O)Nc2ccc(Cl)cc2C)c1. The molecule has 23 heavy (non-hydrogen) atoms. The van der Waals surface area contributed by atoms with Gasteiger partial charge in [-0.15, -0.1) is 0 Å². The summed E-state index contributed by atoms with van der Waals surface area (Å²) in [6.07, 6.45) is -0.241. The van der Waals surface area contributed by atoms with Crippen LogP contribution in [0.25, 0.3) is 0 Å². The molecule has 0 atom stereocenters. The fraction of sp³-hybridized carbons (Fsp3) is 0.222. The molecule has 0 saturated heterocycles. The molecule has 0 heterocycles. The molecule has 0 unspecified atom stereocenters. The quantitative estimate of drug-likeness (QED) is 0.824. The molecule has 0 aliphatic heterocycles. The smallest absolute Gasteiger partial charge is 0.233 e. The number of rotatable bonds is 4. The lowest BCUT2D eigenvalue weighted by Crippen LogP contribution is -2.21. The topological polar surface area (TPSA) is 58.2 Å². The fourth-order valence-corrected chi connectivity index (χ4v) is 2.59. The van der Waals surface area contributed by atoms with E-state index in [-0.39, 0.29) is 18.2 Å². The standard InChI is InChI=1S/C18H19ClN2O2/c1-11-6-12(2)8-15(7-11)20-17(22)10-18(23)21-16-5-4-14(19)9-13(16)3/h4-9H,10H2,1-3H3,(H,20,22)(H,21,23). The predicted octanol–water partition coefficient (Wildman–Crippen LogP) is 4.23. The number of anilines is 2. The molecule has 0 aliphatic rings. The van der Waals surface area contributed by atoms with Crippen LogP contribution >= 0.6 is 11.6 Å². The fourth-order valence-electron chi connectivity index (χ4n) is 2.36. The van der Waals surface area contributed by atoms with Crippen LogP contribution in [0.4, 0.5) is 11.4 Å². The average Bonchev–Trinajstić information content (AvgIpc) is 2.40. The highest BCUT2D eigenvalue weighted by Gasteiger charge is 2.11. The zero-order chi connectivity index (χ0) is 17.0. The Balaban J connectivity index is 1.95. The van der Waals surface area contributed by atoms with Crippen molar-refractivity contribution < 1.29 is 9.59 Å². The highest BCUT2D eigenvalue weighted by atomic mass is 35.5. The van der Waals surface area contributed by atoms with E-state index in [0.717, 1.165) is 16.7 Å². The van der Waals surface area contributed by atoms with Gasteiger partial charge in [-0.2, -0.15) is 0 Å². The Morgan fingerprint density at radius 2 is 1.52 bits per heavy atom. The Labute approximate surface area is 140 Å². The van der Waals surface area contributed by atoms with E-state index in [4.69, 9.17) is 11.6 Å². The van der Waals surface area contributed by atoms with E-state index in [1.807, 2.05) is 39.0 Å². The number of aryl methyl sites for hydroxylation is 3. The van der Waals surface area contributed by atoms with Gasteiger partial charge >= 0.3 is 0 Å². The van der Waals surface area contributed by atoms with Gasteiger partial charge in [-0.3, -0.25) is 9.59 Å². The number of carbonyl (C=O) groups excluding carboxylic acids is 2. The molecule has 4 nitrogen and oxygen atoms in total. The first-order valence-electron chi connectivity index (χ1n) is 7.27. The van der Waals surface area contributed by atoms with Crippen molar-refractivity contribution in [2.45, 2.75) is 27.2 Å². The first-order chi connectivity index (χ1) is 10.8. The number of benzene rings is 2.